The van der Waals surface area contributed by atoms with Crippen molar-refractivity contribution in [3.8, 4) is 0 Å². The zero-order valence-electron chi connectivity index (χ0n) is 30.5. The van der Waals surface area contributed by atoms with Gasteiger partial charge in [-0.05, 0) is 71.5 Å². The summed E-state index contributed by atoms with van der Waals surface area (Å²) < 4.78 is 40.2. The van der Waals surface area contributed by atoms with E-state index in [2.05, 4.69) is 21.3 Å². The van der Waals surface area contributed by atoms with Gasteiger partial charge in [-0.2, -0.15) is 13.2 Å². The van der Waals surface area contributed by atoms with E-state index < -0.39 is 77.6 Å². The van der Waals surface area contributed by atoms with Gasteiger partial charge >= 0.3 is 12.1 Å². The molecule has 0 saturated heterocycles. The molecular weight excluding hydrogens is 765 g/mol. The van der Waals surface area contributed by atoms with Gasteiger partial charge in [0.15, 0.2) is 5.78 Å². The number of Topliss-reactive ketones (excluding diaryl/α,β-unsaturated/α-hetero) is 1. The lowest BCUT2D eigenvalue weighted by molar-refractivity contribution is -0.144. The highest BCUT2D eigenvalue weighted by atomic mass is 35.5. The average Bonchev–Trinajstić information content (AvgIpc) is 3.16. The summed E-state index contributed by atoms with van der Waals surface area (Å²) in [5.74, 6) is -5.96. The third-order valence-electron chi connectivity index (χ3n) is 9.42. The summed E-state index contributed by atoms with van der Waals surface area (Å²) >= 11 is 6.19. The molecule has 2 aliphatic heterocycles. The van der Waals surface area contributed by atoms with Crippen LogP contribution in [-0.2, 0) is 60.6 Å². The number of anilines is 1. The molecule has 0 spiro atoms. The topological polar surface area (TPSA) is 171 Å². The van der Waals surface area contributed by atoms with Crippen LogP contribution in [0.3, 0.4) is 0 Å². The van der Waals surface area contributed by atoms with E-state index in [1.165, 1.54) is 0 Å². The predicted octanol–water partition coefficient (Wildman–Crippen LogP) is 5.48. The summed E-state index contributed by atoms with van der Waals surface area (Å²) in [5.41, 5.74) is 1.44. The number of fused-ring (bicyclic) bond motifs is 18. The number of hydrogen-bond donors (Lipinski definition) is 5. The highest BCUT2D eigenvalue weighted by Crippen LogP contribution is 2.29. The number of halogens is 4. The summed E-state index contributed by atoms with van der Waals surface area (Å²) in [4.78, 5) is 80.7. The number of ketones is 1. The molecule has 6 rings (SSSR count). The van der Waals surface area contributed by atoms with Crippen LogP contribution in [0.5, 0.6) is 0 Å². The van der Waals surface area contributed by atoms with Crippen LogP contribution in [0, 0.1) is 5.92 Å². The van der Waals surface area contributed by atoms with E-state index in [0.717, 1.165) is 24.3 Å². The average molecular weight is 805 g/mol. The standard InChI is InChI=1S/C42H40ClF3N4O7/c43-31-8-4-7-28(20-31)23-34-39(54)50-35(22-27-9-13-30(14-10-27)42(44,45)46)40(55)49-33(21-25-5-2-1-3-6-25)36(51)24-29(41(56)57)19-26-11-15-32(16-12-26)47-37(52)17-18-38(53)48-34/h1-16,20,29,33-35H,17-19,21-24H2,(H,47,52)(H,48,53)(H,49,55)(H,50,54)(H,56,57)/t29-,33-,34-,35+/m1/s1. The van der Waals surface area contributed by atoms with Gasteiger partial charge in [-0.1, -0.05) is 78.3 Å². The molecule has 2 bridgehead atoms. The first-order valence-corrected chi connectivity index (χ1v) is 18.5. The Labute approximate surface area is 331 Å². The fraction of sp³-hybridized carbons (Fsp3) is 0.286. The molecule has 0 aromatic heterocycles. The smallest absolute Gasteiger partial charge is 0.416 e. The molecule has 4 amide bonds. The van der Waals surface area contributed by atoms with Gasteiger partial charge in [-0.3, -0.25) is 28.8 Å². The number of nitrogens with one attached hydrogen (secondary N) is 4. The number of amides is 4. The quantitative estimate of drug-likeness (QED) is 0.154. The van der Waals surface area contributed by atoms with Crippen molar-refractivity contribution in [3.05, 3.63) is 136 Å². The molecule has 15 heteroatoms. The molecule has 4 atom stereocenters. The van der Waals surface area contributed by atoms with Gasteiger partial charge in [0.05, 0.1) is 17.5 Å². The number of alkyl halides is 3. The minimum atomic E-state index is -4.63. The van der Waals surface area contributed by atoms with Crippen LogP contribution >= 0.6 is 11.6 Å². The Morgan fingerprint density at radius 3 is 1.84 bits per heavy atom. The van der Waals surface area contributed by atoms with E-state index in [9.17, 15) is 47.0 Å². The zero-order valence-corrected chi connectivity index (χ0v) is 31.2. The fourth-order valence-electron chi connectivity index (χ4n) is 6.38. The fourth-order valence-corrected chi connectivity index (χ4v) is 6.59. The maximum atomic E-state index is 14.2. The molecule has 298 valence electrons. The van der Waals surface area contributed by atoms with E-state index in [1.807, 2.05) is 0 Å². The Hall–Kier alpha value is -6.02. The van der Waals surface area contributed by atoms with E-state index in [-0.39, 0.29) is 44.1 Å². The number of benzene rings is 4. The second kappa shape index (κ2) is 19.2. The van der Waals surface area contributed by atoms with Crippen LogP contribution in [0.1, 0.15) is 47.1 Å². The van der Waals surface area contributed by atoms with E-state index in [0.29, 0.717) is 27.4 Å². The monoisotopic (exact) mass is 804 g/mol. The first-order chi connectivity index (χ1) is 27.1. The Morgan fingerprint density at radius 1 is 0.649 bits per heavy atom. The summed E-state index contributed by atoms with van der Waals surface area (Å²) in [7, 11) is 0. The number of carbonyl (C=O) groups excluding carboxylic acids is 5. The normalized spacial score (nSPS) is 20.4. The first kappa shape index (κ1) is 42.1. The lowest BCUT2D eigenvalue weighted by Gasteiger charge is -2.26. The van der Waals surface area contributed by atoms with Crippen LogP contribution in [0.4, 0.5) is 18.9 Å². The van der Waals surface area contributed by atoms with E-state index in [4.69, 9.17) is 11.6 Å². The van der Waals surface area contributed by atoms with Crippen molar-refractivity contribution < 1.29 is 47.0 Å². The number of carboxylic acids is 1. The lowest BCUT2D eigenvalue weighted by atomic mass is 9.90. The first-order valence-electron chi connectivity index (χ1n) is 18.1. The molecule has 4 aromatic rings. The highest BCUT2D eigenvalue weighted by Gasteiger charge is 2.34. The highest BCUT2D eigenvalue weighted by molar-refractivity contribution is 6.30. The molecule has 0 saturated carbocycles. The number of aliphatic carboxylic acids is 1. The van der Waals surface area contributed by atoms with Crippen molar-refractivity contribution >= 4 is 52.7 Å². The Morgan fingerprint density at radius 2 is 1.21 bits per heavy atom. The molecule has 57 heavy (non-hydrogen) atoms. The third-order valence-corrected chi connectivity index (χ3v) is 9.65. The van der Waals surface area contributed by atoms with Crippen molar-refractivity contribution in [1.29, 1.82) is 0 Å². The van der Waals surface area contributed by atoms with Crippen LogP contribution in [0.25, 0.3) is 0 Å². The predicted molar refractivity (Wildman–Crippen MR) is 205 cm³/mol. The summed E-state index contributed by atoms with van der Waals surface area (Å²) in [6.07, 6.45) is -6.20. The van der Waals surface area contributed by atoms with Crippen LogP contribution < -0.4 is 21.3 Å². The lowest BCUT2D eigenvalue weighted by Crippen LogP contribution is -2.57. The van der Waals surface area contributed by atoms with E-state index in [1.54, 1.807) is 78.9 Å². The zero-order chi connectivity index (χ0) is 41.1. The van der Waals surface area contributed by atoms with Crippen LogP contribution in [0.2, 0.25) is 5.02 Å². The summed E-state index contributed by atoms with van der Waals surface area (Å²) in [5, 5.41) is 21.1. The van der Waals surface area contributed by atoms with Crippen molar-refractivity contribution in [1.82, 2.24) is 16.0 Å². The van der Waals surface area contributed by atoms with Crippen LogP contribution in [0.15, 0.2) is 103 Å². The minimum absolute atomic E-state index is 0.0411. The molecule has 0 unspecified atom stereocenters. The second-order valence-corrected chi connectivity index (χ2v) is 14.3. The van der Waals surface area contributed by atoms with Crippen LogP contribution in [-0.4, -0.2) is 58.6 Å². The SMILES string of the molecule is O=C1CCC(=O)N[C@H](Cc2cccc(Cl)c2)C(=O)N[C@@H](Cc2ccc(C(F)(F)F)cc2)C(=O)N[C@H](Cc2ccccc2)C(=O)C[C@H](C(=O)O)Cc2ccc(cc2)N1. The summed E-state index contributed by atoms with van der Waals surface area (Å²) in [6, 6.07) is 21.4. The van der Waals surface area contributed by atoms with Gasteiger partial charge in [0.25, 0.3) is 0 Å². The van der Waals surface area contributed by atoms with Gasteiger partial charge in [0.1, 0.15) is 12.1 Å². The Balaban J connectivity index is 1.53. The van der Waals surface area contributed by atoms with Crippen molar-refractivity contribution in [2.24, 2.45) is 5.92 Å². The van der Waals surface area contributed by atoms with Crippen molar-refractivity contribution in [2.45, 2.75) is 69.2 Å². The number of hydrogen-bond acceptors (Lipinski definition) is 6. The second-order valence-electron chi connectivity index (χ2n) is 13.8. The van der Waals surface area contributed by atoms with Crippen molar-refractivity contribution in [2.75, 3.05) is 5.32 Å². The van der Waals surface area contributed by atoms with E-state index >= 15 is 0 Å². The minimum Gasteiger partial charge on any atom is -0.481 e. The van der Waals surface area contributed by atoms with Gasteiger partial charge in [0, 0.05) is 42.8 Å². The van der Waals surface area contributed by atoms with Gasteiger partial charge in [0.2, 0.25) is 23.6 Å². The molecule has 11 nitrogen and oxygen atoms in total. The summed E-state index contributed by atoms with van der Waals surface area (Å²) in [6.45, 7) is 0. The number of rotatable bonds is 7. The molecule has 2 aliphatic rings. The molecule has 5 N–H and O–H groups in total. The Kier molecular flexibility index (Phi) is 14.2. The molecule has 4 aromatic carbocycles. The molecule has 0 radical (unpaired) electrons. The largest absolute Gasteiger partial charge is 0.481 e. The third kappa shape index (κ3) is 12.8. The molecule has 0 aliphatic carbocycles. The maximum absolute atomic E-state index is 14.2. The number of carboxylic acid groups (broad SMARTS) is 1. The molecule has 2 heterocycles. The van der Waals surface area contributed by atoms with Gasteiger partial charge in [-0.25, -0.2) is 0 Å². The molecule has 0 fully saturated rings. The number of carbonyl (C=O) groups is 6. The van der Waals surface area contributed by atoms with Gasteiger partial charge in [-0.15, -0.1) is 0 Å². The molecular formula is C42H40ClF3N4O7. The van der Waals surface area contributed by atoms with Gasteiger partial charge < -0.3 is 26.4 Å². The van der Waals surface area contributed by atoms with Crippen molar-refractivity contribution in [3.63, 3.8) is 0 Å². The maximum Gasteiger partial charge on any atom is 0.416 e. The Bertz CT molecular complexity index is 2080.